The Balaban J connectivity index is 1.22. The molecule has 3 aliphatic rings. The zero-order chi connectivity index (χ0) is 15.6. The molecule has 1 aromatic rings. The van der Waals surface area contributed by atoms with Gasteiger partial charge in [-0.05, 0) is 80.5 Å². The SMILES string of the molecule is S=C(NC1CCC(c2ccccc2)CC1)N[C@H]1C[C@H]2CC[C@H]1C2. The molecule has 3 aliphatic carbocycles. The number of rotatable bonds is 3. The predicted molar refractivity (Wildman–Crippen MR) is 99.5 cm³/mol. The van der Waals surface area contributed by atoms with Crippen LogP contribution in [0.2, 0.25) is 0 Å². The number of benzene rings is 1. The summed E-state index contributed by atoms with van der Waals surface area (Å²) in [4.78, 5) is 0. The smallest absolute Gasteiger partial charge is 0.166 e. The lowest BCUT2D eigenvalue weighted by Gasteiger charge is -2.32. The summed E-state index contributed by atoms with van der Waals surface area (Å²) in [5.74, 6) is 2.59. The molecule has 3 fully saturated rings. The van der Waals surface area contributed by atoms with Crippen molar-refractivity contribution in [2.75, 3.05) is 0 Å². The minimum absolute atomic E-state index is 0.563. The van der Waals surface area contributed by atoms with Crippen molar-refractivity contribution in [3.8, 4) is 0 Å². The van der Waals surface area contributed by atoms with Gasteiger partial charge in [0.05, 0.1) is 0 Å². The van der Waals surface area contributed by atoms with Crippen molar-refractivity contribution in [3.05, 3.63) is 35.9 Å². The molecule has 0 heterocycles. The molecule has 2 N–H and O–H groups in total. The van der Waals surface area contributed by atoms with Gasteiger partial charge >= 0.3 is 0 Å². The van der Waals surface area contributed by atoms with E-state index in [9.17, 15) is 0 Å². The van der Waals surface area contributed by atoms with Crippen molar-refractivity contribution >= 4 is 17.3 Å². The number of hydrogen-bond acceptors (Lipinski definition) is 1. The third-order valence-electron chi connectivity index (χ3n) is 6.39. The second-order valence-electron chi connectivity index (χ2n) is 7.86. The van der Waals surface area contributed by atoms with E-state index in [4.69, 9.17) is 12.2 Å². The molecule has 3 saturated carbocycles. The van der Waals surface area contributed by atoms with Gasteiger partial charge in [0.15, 0.2) is 5.11 Å². The molecule has 23 heavy (non-hydrogen) atoms. The van der Waals surface area contributed by atoms with Crippen LogP contribution in [-0.4, -0.2) is 17.2 Å². The van der Waals surface area contributed by atoms with E-state index in [0.717, 1.165) is 22.9 Å². The molecule has 0 unspecified atom stereocenters. The van der Waals surface area contributed by atoms with Crippen LogP contribution in [0.4, 0.5) is 0 Å². The highest BCUT2D eigenvalue weighted by molar-refractivity contribution is 7.80. The molecule has 3 heteroatoms. The van der Waals surface area contributed by atoms with Gasteiger partial charge in [-0.3, -0.25) is 0 Å². The van der Waals surface area contributed by atoms with Gasteiger partial charge in [0.1, 0.15) is 0 Å². The Hall–Kier alpha value is -1.09. The molecule has 2 nitrogen and oxygen atoms in total. The zero-order valence-corrected chi connectivity index (χ0v) is 14.7. The largest absolute Gasteiger partial charge is 0.360 e. The predicted octanol–water partition coefficient (Wildman–Crippen LogP) is 4.37. The van der Waals surface area contributed by atoms with Crippen LogP contribution < -0.4 is 10.6 Å². The maximum absolute atomic E-state index is 5.59. The average molecular weight is 329 g/mol. The van der Waals surface area contributed by atoms with E-state index in [1.165, 1.54) is 56.9 Å². The summed E-state index contributed by atoms with van der Waals surface area (Å²) in [5.41, 5.74) is 1.51. The summed E-state index contributed by atoms with van der Waals surface area (Å²) in [6.07, 6.45) is 10.7. The van der Waals surface area contributed by atoms with Crippen LogP contribution in [0.3, 0.4) is 0 Å². The third-order valence-corrected chi connectivity index (χ3v) is 6.62. The van der Waals surface area contributed by atoms with E-state index in [1.54, 1.807) is 0 Å². The Bertz CT molecular complexity index is 536. The van der Waals surface area contributed by atoms with Gasteiger partial charge in [-0.1, -0.05) is 36.8 Å². The average Bonchev–Trinajstić information content (AvgIpc) is 3.19. The first kappa shape index (κ1) is 15.4. The fraction of sp³-hybridized carbons (Fsp3) is 0.650. The maximum Gasteiger partial charge on any atom is 0.166 e. The van der Waals surface area contributed by atoms with Crippen molar-refractivity contribution < 1.29 is 0 Å². The van der Waals surface area contributed by atoms with Gasteiger partial charge in [-0.2, -0.15) is 0 Å². The molecule has 3 atom stereocenters. The second kappa shape index (κ2) is 6.80. The van der Waals surface area contributed by atoms with Crippen LogP contribution in [0.1, 0.15) is 62.8 Å². The molecule has 0 radical (unpaired) electrons. The molecule has 0 aromatic heterocycles. The zero-order valence-electron chi connectivity index (χ0n) is 13.8. The summed E-state index contributed by atoms with van der Waals surface area (Å²) in [6.45, 7) is 0. The Morgan fingerprint density at radius 2 is 1.65 bits per heavy atom. The lowest BCUT2D eigenvalue weighted by atomic mass is 9.82. The fourth-order valence-corrected chi connectivity index (χ4v) is 5.43. The summed E-state index contributed by atoms with van der Waals surface area (Å²) in [6, 6.07) is 12.2. The van der Waals surface area contributed by atoms with Gasteiger partial charge in [-0.25, -0.2) is 0 Å². The molecule has 0 aliphatic heterocycles. The topological polar surface area (TPSA) is 24.1 Å². The minimum Gasteiger partial charge on any atom is -0.360 e. The first-order chi connectivity index (χ1) is 11.3. The quantitative estimate of drug-likeness (QED) is 0.806. The van der Waals surface area contributed by atoms with Crippen LogP contribution in [0.5, 0.6) is 0 Å². The molecule has 1 aromatic carbocycles. The molecule has 0 saturated heterocycles. The van der Waals surface area contributed by atoms with Crippen LogP contribution >= 0.6 is 12.2 Å². The van der Waals surface area contributed by atoms with Crippen molar-refractivity contribution in [2.24, 2.45) is 11.8 Å². The van der Waals surface area contributed by atoms with Crippen molar-refractivity contribution in [3.63, 3.8) is 0 Å². The van der Waals surface area contributed by atoms with E-state index in [-0.39, 0.29) is 0 Å². The number of thiocarbonyl (C=S) groups is 1. The highest BCUT2D eigenvalue weighted by Crippen LogP contribution is 2.44. The van der Waals surface area contributed by atoms with Crippen molar-refractivity contribution in [1.29, 1.82) is 0 Å². The first-order valence-electron chi connectivity index (χ1n) is 9.40. The second-order valence-corrected chi connectivity index (χ2v) is 8.27. The molecular weight excluding hydrogens is 300 g/mol. The van der Waals surface area contributed by atoms with Gasteiger partial charge in [0.2, 0.25) is 0 Å². The number of nitrogens with one attached hydrogen (secondary N) is 2. The van der Waals surface area contributed by atoms with Gasteiger partial charge in [0, 0.05) is 12.1 Å². The van der Waals surface area contributed by atoms with Crippen LogP contribution in [0, 0.1) is 11.8 Å². The highest BCUT2D eigenvalue weighted by atomic mass is 32.1. The Morgan fingerprint density at radius 1 is 0.870 bits per heavy atom. The number of fused-ring (bicyclic) bond motifs is 2. The van der Waals surface area contributed by atoms with E-state index >= 15 is 0 Å². The van der Waals surface area contributed by atoms with E-state index in [2.05, 4.69) is 41.0 Å². The highest BCUT2D eigenvalue weighted by Gasteiger charge is 2.39. The van der Waals surface area contributed by atoms with Crippen molar-refractivity contribution in [2.45, 2.75) is 69.4 Å². The van der Waals surface area contributed by atoms with Gasteiger partial charge < -0.3 is 10.6 Å². The summed E-state index contributed by atoms with van der Waals surface area (Å²) in [5, 5.41) is 8.13. The molecule has 0 amide bonds. The molecule has 2 bridgehead atoms. The minimum atomic E-state index is 0.563. The van der Waals surface area contributed by atoms with Crippen molar-refractivity contribution in [1.82, 2.24) is 10.6 Å². The van der Waals surface area contributed by atoms with Gasteiger partial charge in [0.25, 0.3) is 0 Å². The lowest BCUT2D eigenvalue weighted by Crippen LogP contribution is -2.48. The van der Waals surface area contributed by atoms with E-state index < -0.39 is 0 Å². The fourth-order valence-electron chi connectivity index (χ4n) is 5.11. The van der Waals surface area contributed by atoms with Gasteiger partial charge in [-0.15, -0.1) is 0 Å². The van der Waals surface area contributed by atoms with E-state index in [0.29, 0.717) is 12.1 Å². The standard InChI is InChI=1S/C20H28N2S/c23-20(22-19-13-14-6-7-17(19)12-14)21-18-10-8-16(9-11-18)15-4-2-1-3-5-15/h1-5,14,16-19H,6-13H2,(H2,21,22,23)/t14-,16?,17-,18?,19-/m0/s1. The lowest BCUT2D eigenvalue weighted by molar-refractivity contribution is 0.361. The monoisotopic (exact) mass is 328 g/mol. The maximum atomic E-state index is 5.59. The van der Waals surface area contributed by atoms with Crippen LogP contribution in [0.15, 0.2) is 30.3 Å². The molecular formula is C20H28N2S. The summed E-state index contributed by atoms with van der Waals surface area (Å²) < 4.78 is 0. The molecule has 124 valence electrons. The van der Waals surface area contributed by atoms with E-state index in [1.807, 2.05) is 0 Å². The Kier molecular flexibility index (Phi) is 4.57. The normalized spacial score (nSPS) is 35.9. The number of hydrogen-bond donors (Lipinski definition) is 2. The van der Waals surface area contributed by atoms with Crippen LogP contribution in [-0.2, 0) is 0 Å². The molecule has 4 rings (SSSR count). The first-order valence-corrected chi connectivity index (χ1v) is 9.80. The Labute approximate surface area is 145 Å². The summed E-state index contributed by atoms with van der Waals surface area (Å²) >= 11 is 5.59. The van der Waals surface area contributed by atoms with Crippen LogP contribution in [0.25, 0.3) is 0 Å². The Morgan fingerprint density at radius 3 is 2.30 bits per heavy atom. The summed E-state index contributed by atoms with van der Waals surface area (Å²) in [7, 11) is 0. The molecule has 0 spiro atoms. The third kappa shape index (κ3) is 3.55.